The zero-order chi connectivity index (χ0) is 9.84. The van der Waals surface area contributed by atoms with Crippen molar-refractivity contribution in [2.24, 2.45) is 0 Å². The number of hydrogen-bond acceptors (Lipinski definition) is 5. The van der Waals surface area contributed by atoms with Crippen LogP contribution in [0.15, 0.2) is 12.4 Å². The number of anilines is 2. The molecule has 0 spiro atoms. The lowest BCUT2D eigenvalue weighted by Crippen LogP contribution is -2.45. The van der Waals surface area contributed by atoms with E-state index in [0.29, 0.717) is 5.69 Å². The van der Waals surface area contributed by atoms with Crippen molar-refractivity contribution in [2.45, 2.75) is 0 Å². The van der Waals surface area contributed by atoms with Crippen LogP contribution in [0.2, 0.25) is 0 Å². The summed E-state index contributed by atoms with van der Waals surface area (Å²) in [4.78, 5) is 0. The summed E-state index contributed by atoms with van der Waals surface area (Å²) >= 11 is 0. The molecule has 1 rings (SSSR count). The lowest BCUT2D eigenvalue weighted by Gasteiger charge is -2.08. The maximum absolute atomic E-state index is 10.9. The van der Waals surface area contributed by atoms with Crippen LogP contribution >= 0.6 is 0 Å². The molecule has 72 valence electrons. The van der Waals surface area contributed by atoms with Crippen LogP contribution in [0.5, 0.6) is 0 Å². The Hall–Kier alpha value is -1.76. The first-order valence-electron chi connectivity index (χ1n) is 3.61. The average Bonchev–Trinajstić information content (AvgIpc) is 2.10. The SMILES string of the molecule is Nc1[n+]([O-])cc(NCCO)c[n+]1[O-]. The Morgan fingerprint density at radius 1 is 1.38 bits per heavy atom. The predicted octanol–water partition coefficient (Wildman–Crippen LogP) is -2.06. The molecule has 7 heteroatoms. The fourth-order valence-electron chi connectivity index (χ4n) is 0.807. The molecule has 0 aromatic carbocycles. The standard InChI is InChI=1S/C6H10N4O3/c7-6-9(12)3-5(4-10(6)13)8-1-2-11/h3-4,8,11H,1-2,7H2. The van der Waals surface area contributed by atoms with Gasteiger partial charge in [-0.1, -0.05) is 0 Å². The minimum absolute atomic E-state index is 0.0813. The Balaban J connectivity index is 2.86. The molecule has 7 nitrogen and oxygen atoms in total. The average molecular weight is 186 g/mol. The van der Waals surface area contributed by atoms with E-state index < -0.39 is 5.95 Å². The zero-order valence-corrected chi connectivity index (χ0v) is 6.80. The highest BCUT2D eigenvalue weighted by Gasteiger charge is 2.10. The maximum Gasteiger partial charge on any atom is 0.535 e. The van der Waals surface area contributed by atoms with Gasteiger partial charge < -0.3 is 20.8 Å². The fraction of sp³-hybridized carbons (Fsp3) is 0.333. The number of aromatic nitrogens is 2. The second-order valence-corrected chi connectivity index (χ2v) is 2.37. The largest absolute Gasteiger partial charge is 0.675 e. The third-order valence-corrected chi connectivity index (χ3v) is 1.41. The van der Waals surface area contributed by atoms with Crippen molar-refractivity contribution in [3.63, 3.8) is 0 Å². The summed E-state index contributed by atoms with van der Waals surface area (Å²) in [5, 5.41) is 32.9. The molecule has 0 aliphatic rings. The van der Waals surface area contributed by atoms with Crippen molar-refractivity contribution in [1.29, 1.82) is 0 Å². The molecule has 0 bridgehead atoms. The van der Waals surface area contributed by atoms with E-state index in [2.05, 4.69) is 5.32 Å². The predicted molar refractivity (Wildman–Crippen MR) is 44.3 cm³/mol. The summed E-state index contributed by atoms with van der Waals surface area (Å²) in [5.41, 5.74) is 5.42. The van der Waals surface area contributed by atoms with Crippen LogP contribution in [0.4, 0.5) is 11.6 Å². The Kier molecular flexibility index (Phi) is 2.70. The Morgan fingerprint density at radius 3 is 2.38 bits per heavy atom. The summed E-state index contributed by atoms with van der Waals surface area (Å²) < 4.78 is 0.513. The van der Waals surface area contributed by atoms with Crippen LogP contribution in [0.25, 0.3) is 0 Å². The molecule has 1 heterocycles. The van der Waals surface area contributed by atoms with E-state index in [1.54, 1.807) is 0 Å². The van der Waals surface area contributed by atoms with E-state index in [9.17, 15) is 10.4 Å². The van der Waals surface area contributed by atoms with Crippen LogP contribution in [0.3, 0.4) is 0 Å². The number of hydrogen-bond donors (Lipinski definition) is 3. The molecule has 0 amide bonds. The Morgan fingerprint density at radius 2 is 1.92 bits per heavy atom. The number of nitrogen functional groups attached to an aromatic ring is 1. The first kappa shape index (κ1) is 9.33. The van der Waals surface area contributed by atoms with Crippen molar-refractivity contribution >= 4 is 11.6 Å². The highest BCUT2D eigenvalue weighted by molar-refractivity contribution is 5.35. The van der Waals surface area contributed by atoms with Gasteiger partial charge in [-0.25, -0.2) is 5.73 Å². The molecule has 0 atom stereocenters. The Bertz CT molecular complexity index is 281. The van der Waals surface area contributed by atoms with Gasteiger partial charge in [0.05, 0.1) is 6.61 Å². The van der Waals surface area contributed by atoms with E-state index in [1.807, 2.05) is 0 Å². The van der Waals surface area contributed by atoms with Gasteiger partial charge in [0.1, 0.15) is 5.69 Å². The fourth-order valence-corrected chi connectivity index (χ4v) is 0.807. The number of nitrogens with one attached hydrogen (secondary N) is 1. The van der Waals surface area contributed by atoms with Gasteiger partial charge in [-0.05, 0) is 0 Å². The molecule has 0 saturated carbocycles. The lowest BCUT2D eigenvalue weighted by atomic mass is 10.5. The van der Waals surface area contributed by atoms with Crippen molar-refractivity contribution in [1.82, 2.24) is 0 Å². The molecular formula is C6H10N4O3. The number of aliphatic hydroxyl groups is 1. The number of nitrogens with zero attached hydrogens (tertiary/aromatic N) is 2. The molecule has 0 radical (unpaired) electrons. The second-order valence-electron chi connectivity index (χ2n) is 2.37. The molecule has 4 N–H and O–H groups in total. The zero-order valence-electron chi connectivity index (χ0n) is 6.80. The van der Waals surface area contributed by atoms with Crippen LogP contribution in [0, 0.1) is 10.4 Å². The first-order valence-corrected chi connectivity index (χ1v) is 3.61. The summed E-state index contributed by atoms with van der Waals surface area (Å²) in [6.45, 7) is 0.187. The molecule has 0 unspecified atom stereocenters. The summed E-state index contributed by atoms with van der Waals surface area (Å²) in [6.07, 6.45) is 2.25. The summed E-state index contributed by atoms with van der Waals surface area (Å²) in [7, 11) is 0. The monoisotopic (exact) mass is 186 g/mol. The van der Waals surface area contributed by atoms with E-state index in [1.165, 1.54) is 0 Å². The smallest absolute Gasteiger partial charge is 0.535 e. The third kappa shape index (κ3) is 2.09. The van der Waals surface area contributed by atoms with Gasteiger partial charge in [-0.3, -0.25) is 0 Å². The molecule has 0 fully saturated rings. The van der Waals surface area contributed by atoms with Gasteiger partial charge in [0.15, 0.2) is 12.4 Å². The van der Waals surface area contributed by atoms with E-state index >= 15 is 0 Å². The Labute approximate surface area is 74.2 Å². The highest BCUT2D eigenvalue weighted by Crippen LogP contribution is 1.98. The molecular weight excluding hydrogens is 176 g/mol. The van der Waals surface area contributed by atoms with Crippen molar-refractivity contribution in [2.75, 3.05) is 24.2 Å². The van der Waals surface area contributed by atoms with Gasteiger partial charge >= 0.3 is 5.95 Å². The summed E-state index contributed by atoms with van der Waals surface area (Å²) in [6, 6.07) is 0. The summed E-state index contributed by atoms with van der Waals surface area (Å²) in [5.74, 6) is -0.436. The van der Waals surface area contributed by atoms with E-state index in [-0.39, 0.29) is 22.6 Å². The normalized spacial score (nSPS) is 9.92. The number of nitrogens with two attached hydrogens (primary N) is 1. The van der Waals surface area contributed by atoms with Crippen molar-refractivity contribution in [3.8, 4) is 0 Å². The van der Waals surface area contributed by atoms with Crippen molar-refractivity contribution < 1.29 is 14.6 Å². The van der Waals surface area contributed by atoms with Gasteiger partial charge in [0.25, 0.3) is 0 Å². The molecule has 13 heavy (non-hydrogen) atoms. The van der Waals surface area contributed by atoms with Crippen LogP contribution in [-0.2, 0) is 0 Å². The lowest BCUT2D eigenvalue weighted by molar-refractivity contribution is -0.717. The minimum atomic E-state index is -0.436. The topological polar surface area (TPSA) is 112 Å². The van der Waals surface area contributed by atoms with Crippen molar-refractivity contribution in [3.05, 3.63) is 22.8 Å². The van der Waals surface area contributed by atoms with Gasteiger partial charge in [-0.15, -0.1) is 9.46 Å². The molecule has 0 saturated heterocycles. The highest BCUT2D eigenvalue weighted by atomic mass is 16.5. The quantitative estimate of drug-likeness (QED) is 0.371. The third-order valence-electron chi connectivity index (χ3n) is 1.41. The number of rotatable bonds is 3. The minimum Gasteiger partial charge on any atom is -0.675 e. The van der Waals surface area contributed by atoms with E-state index in [0.717, 1.165) is 12.4 Å². The molecule has 0 aliphatic heterocycles. The first-order chi connectivity index (χ1) is 6.15. The van der Waals surface area contributed by atoms with Crippen LogP contribution in [0.1, 0.15) is 0 Å². The molecule has 0 aliphatic carbocycles. The van der Waals surface area contributed by atoms with Crippen LogP contribution in [-0.4, -0.2) is 18.3 Å². The van der Waals surface area contributed by atoms with Gasteiger partial charge in [0.2, 0.25) is 0 Å². The van der Waals surface area contributed by atoms with E-state index in [4.69, 9.17) is 10.8 Å². The van der Waals surface area contributed by atoms with Crippen LogP contribution < -0.4 is 20.5 Å². The molecule has 1 aromatic heterocycles. The van der Waals surface area contributed by atoms with Gasteiger partial charge in [0, 0.05) is 6.54 Å². The second kappa shape index (κ2) is 3.76. The maximum atomic E-state index is 10.9. The molecule has 1 aromatic rings. The number of aliphatic hydroxyl groups excluding tert-OH is 1. The van der Waals surface area contributed by atoms with Gasteiger partial charge in [-0.2, -0.15) is 0 Å².